The number of hydrogen-bond donors (Lipinski definition) is 3. The third kappa shape index (κ3) is 2.83. The maximum Gasteiger partial charge on any atom is 0.325 e. The van der Waals surface area contributed by atoms with Gasteiger partial charge in [-0.05, 0) is 5.56 Å². The fourth-order valence-electron chi connectivity index (χ4n) is 1.20. The highest BCUT2D eigenvalue weighted by Gasteiger charge is 2.17. The predicted octanol–water partition coefficient (Wildman–Crippen LogP) is 0.394. The normalized spacial score (nSPS) is 12.4. The molecule has 3 N–H and O–H groups in total. The lowest BCUT2D eigenvalue weighted by Gasteiger charge is -2.13. The molecule has 4 heteroatoms. The summed E-state index contributed by atoms with van der Waals surface area (Å²) >= 11 is 0. The molecule has 1 aromatic carbocycles. The van der Waals surface area contributed by atoms with Crippen molar-refractivity contribution >= 4 is 5.97 Å². The number of carboxylic acid groups (broad SMARTS) is 1. The molecule has 0 heterocycles. The van der Waals surface area contributed by atoms with E-state index in [2.05, 4.69) is 5.32 Å². The Morgan fingerprint density at radius 3 is 2.50 bits per heavy atom. The highest BCUT2D eigenvalue weighted by Crippen LogP contribution is 2.11. The largest absolute Gasteiger partial charge is 0.480 e. The van der Waals surface area contributed by atoms with Crippen molar-refractivity contribution in [2.24, 2.45) is 0 Å². The summed E-state index contributed by atoms with van der Waals surface area (Å²) in [5.74, 6) is -0.940. The summed E-state index contributed by atoms with van der Waals surface area (Å²) in [7, 11) is 0. The minimum absolute atomic E-state index is 0.0728. The highest BCUT2D eigenvalue weighted by molar-refractivity contribution is 5.75. The van der Waals surface area contributed by atoms with Crippen LogP contribution >= 0.6 is 0 Å². The quantitative estimate of drug-likeness (QED) is 0.636. The van der Waals surface area contributed by atoms with Crippen LogP contribution in [0.2, 0.25) is 0 Å². The summed E-state index contributed by atoms with van der Waals surface area (Å²) in [5.41, 5.74) is 0.688. The SMILES string of the molecule is O=C(O)[C@H](NCCO)c1ccccc1. The van der Waals surface area contributed by atoms with E-state index in [1.165, 1.54) is 0 Å². The maximum absolute atomic E-state index is 10.9. The molecule has 76 valence electrons. The lowest BCUT2D eigenvalue weighted by molar-refractivity contribution is -0.139. The fourth-order valence-corrected chi connectivity index (χ4v) is 1.20. The van der Waals surface area contributed by atoms with Crippen LogP contribution in [0.15, 0.2) is 30.3 Å². The summed E-state index contributed by atoms with van der Waals surface area (Å²) in [6.45, 7) is 0.197. The van der Waals surface area contributed by atoms with Gasteiger partial charge in [0.05, 0.1) is 6.61 Å². The van der Waals surface area contributed by atoms with Crippen LogP contribution in [0, 0.1) is 0 Å². The first-order valence-electron chi connectivity index (χ1n) is 4.37. The van der Waals surface area contributed by atoms with Gasteiger partial charge in [0.2, 0.25) is 0 Å². The molecule has 0 aromatic heterocycles. The first-order valence-corrected chi connectivity index (χ1v) is 4.37. The number of aliphatic carboxylic acids is 1. The predicted molar refractivity (Wildman–Crippen MR) is 51.9 cm³/mol. The molecular formula is C10H13NO3. The Labute approximate surface area is 82.2 Å². The Kier molecular flexibility index (Phi) is 4.10. The molecule has 4 nitrogen and oxygen atoms in total. The van der Waals surface area contributed by atoms with Gasteiger partial charge in [-0.1, -0.05) is 30.3 Å². The zero-order chi connectivity index (χ0) is 10.4. The van der Waals surface area contributed by atoms with E-state index < -0.39 is 12.0 Å². The standard InChI is InChI=1S/C10H13NO3/c12-7-6-11-9(10(13)14)8-4-2-1-3-5-8/h1-5,9,11-12H,6-7H2,(H,13,14)/t9-/m1/s1. The Morgan fingerprint density at radius 1 is 1.36 bits per heavy atom. The molecule has 0 bridgehead atoms. The van der Waals surface area contributed by atoms with Crippen molar-refractivity contribution in [2.45, 2.75) is 6.04 Å². The summed E-state index contributed by atoms with van der Waals surface area (Å²) in [4.78, 5) is 10.9. The van der Waals surface area contributed by atoms with Crippen LogP contribution in [0.25, 0.3) is 0 Å². The van der Waals surface area contributed by atoms with Crippen molar-refractivity contribution in [3.05, 3.63) is 35.9 Å². The molecule has 0 spiro atoms. The summed E-state index contributed by atoms with van der Waals surface area (Å²) in [6.07, 6.45) is 0. The van der Waals surface area contributed by atoms with Crippen molar-refractivity contribution in [3.63, 3.8) is 0 Å². The molecule has 0 saturated carbocycles. The highest BCUT2D eigenvalue weighted by atomic mass is 16.4. The van der Waals surface area contributed by atoms with E-state index in [4.69, 9.17) is 10.2 Å². The molecule has 0 amide bonds. The Bertz CT molecular complexity index is 287. The number of hydrogen-bond acceptors (Lipinski definition) is 3. The number of aliphatic hydroxyl groups is 1. The van der Waals surface area contributed by atoms with Crippen molar-refractivity contribution in [2.75, 3.05) is 13.2 Å². The molecule has 1 aromatic rings. The van der Waals surface area contributed by atoms with Gasteiger partial charge in [-0.2, -0.15) is 0 Å². The van der Waals surface area contributed by atoms with Gasteiger partial charge in [-0.3, -0.25) is 10.1 Å². The third-order valence-electron chi connectivity index (χ3n) is 1.84. The van der Waals surface area contributed by atoms with Gasteiger partial charge < -0.3 is 10.2 Å². The van der Waals surface area contributed by atoms with Crippen LogP contribution in [-0.4, -0.2) is 29.3 Å². The van der Waals surface area contributed by atoms with E-state index in [1.54, 1.807) is 24.3 Å². The van der Waals surface area contributed by atoms with E-state index in [0.29, 0.717) is 5.56 Å². The molecule has 0 aliphatic carbocycles. The number of benzene rings is 1. The molecule has 0 radical (unpaired) electrons. The van der Waals surface area contributed by atoms with Crippen LogP contribution in [0.1, 0.15) is 11.6 Å². The van der Waals surface area contributed by atoms with Crippen molar-refractivity contribution < 1.29 is 15.0 Å². The number of rotatable bonds is 5. The summed E-state index contributed by atoms with van der Waals surface area (Å²) in [5, 5.41) is 20.2. The maximum atomic E-state index is 10.9. The molecule has 0 aliphatic heterocycles. The van der Waals surface area contributed by atoms with Crippen molar-refractivity contribution in [1.29, 1.82) is 0 Å². The second-order valence-electron chi connectivity index (χ2n) is 2.86. The zero-order valence-corrected chi connectivity index (χ0v) is 7.68. The van der Waals surface area contributed by atoms with Gasteiger partial charge in [-0.15, -0.1) is 0 Å². The van der Waals surface area contributed by atoms with Crippen molar-refractivity contribution in [3.8, 4) is 0 Å². The first-order chi connectivity index (χ1) is 6.75. The summed E-state index contributed by atoms with van der Waals surface area (Å²) < 4.78 is 0. The second kappa shape index (κ2) is 5.36. The van der Waals surface area contributed by atoms with Crippen LogP contribution < -0.4 is 5.32 Å². The van der Waals surface area contributed by atoms with E-state index in [9.17, 15) is 4.79 Å². The number of carboxylic acids is 1. The molecule has 0 aliphatic rings. The van der Waals surface area contributed by atoms with Gasteiger partial charge in [0.25, 0.3) is 0 Å². The van der Waals surface area contributed by atoms with Crippen LogP contribution in [0.5, 0.6) is 0 Å². The van der Waals surface area contributed by atoms with Crippen LogP contribution in [0.3, 0.4) is 0 Å². The zero-order valence-electron chi connectivity index (χ0n) is 7.68. The van der Waals surface area contributed by atoms with Crippen molar-refractivity contribution in [1.82, 2.24) is 5.32 Å². The first kappa shape index (κ1) is 10.7. The monoisotopic (exact) mass is 195 g/mol. The van der Waals surface area contributed by atoms with E-state index in [-0.39, 0.29) is 13.2 Å². The average Bonchev–Trinajstić information content (AvgIpc) is 2.19. The lowest BCUT2D eigenvalue weighted by Crippen LogP contribution is -2.30. The van der Waals surface area contributed by atoms with Crippen LogP contribution in [-0.2, 0) is 4.79 Å². The van der Waals surface area contributed by atoms with Gasteiger partial charge in [0.1, 0.15) is 6.04 Å². The summed E-state index contributed by atoms with van der Waals surface area (Å²) in [6, 6.07) is 8.13. The Balaban J connectivity index is 2.73. The fraction of sp³-hybridized carbons (Fsp3) is 0.300. The molecule has 14 heavy (non-hydrogen) atoms. The number of aliphatic hydroxyl groups excluding tert-OH is 1. The van der Waals surface area contributed by atoms with Crippen LogP contribution in [0.4, 0.5) is 0 Å². The molecule has 1 rings (SSSR count). The number of carbonyl (C=O) groups is 1. The Morgan fingerprint density at radius 2 is 2.00 bits per heavy atom. The van der Waals surface area contributed by atoms with E-state index >= 15 is 0 Å². The van der Waals surface area contributed by atoms with Gasteiger partial charge in [-0.25, -0.2) is 0 Å². The number of nitrogens with one attached hydrogen (secondary N) is 1. The van der Waals surface area contributed by atoms with Gasteiger partial charge >= 0.3 is 5.97 Å². The molecule has 0 saturated heterocycles. The topological polar surface area (TPSA) is 69.6 Å². The van der Waals surface area contributed by atoms with E-state index in [1.807, 2.05) is 6.07 Å². The second-order valence-corrected chi connectivity index (χ2v) is 2.86. The third-order valence-corrected chi connectivity index (χ3v) is 1.84. The smallest absolute Gasteiger partial charge is 0.325 e. The van der Waals surface area contributed by atoms with Gasteiger partial charge in [0, 0.05) is 6.54 Å². The molecule has 0 fully saturated rings. The minimum atomic E-state index is -0.940. The molecule has 0 unspecified atom stereocenters. The van der Waals surface area contributed by atoms with E-state index in [0.717, 1.165) is 0 Å². The van der Waals surface area contributed by atoms with Gasteiger partial charge in [0.15, 0.2) is 0 Å². The minimum Gasteiger partial charge on any atom is -0.480 e. The lowest BCUT2D eigenvalue weighted by atomic mass is 10.1. The molecular weight excluding hydrogens is 182 g/mol. The average molecular weight is 195 g/mol. The molecule has 1 atom stereocenters. The Hall–Kier alpha value is -1.39.